The van der Waals surface area contributed by atoms with Crippen molar-refractivity contribution in [3.63, 3.8) is 0 Å². The third kappa shape index (κ3) is 9.87. The molecule has 4 rings (SSSR count). The molecule has 2 fully saturated rings. The van der Waals surface area contributed by atoms with Gasteiger partial charge in [0.2, 0.25) is 5.91 Å². The zero-order valence-corrected chi connectivity index (χ0v) is 26.9. The number of carbonyl (C=O) groups is 4. The van der Waals surface area contributed by atoms with Crippen molar-refractivity contribution in [1.82, 2.24) is 30.4 Å². The molecule has 2 aliphatic rings. The summed E-state index contributed by atoms with van der Waals surface area (Å²) in [7, 11) is 1.95. The first kappa shape index (κ1) is 34.6. The standard InChI is InChI=1S/C33H47N7O6/c1-3-4-8-21-46-33(45)40-19-17-39(18-20-40)32(44)26(11-12-29(41)42)36-31(43)27-22-28(38-15-13-24(14-16-38)23-34-2)37-30(35-27)25-9-6-5-7-10-25/h5-7,9-10,22,24,26,34H,3-4,8,11-21,23H2,1-2H3,(H,36,43)(H,41,42)/t26-/m0/s1. The minimum atomic E-state index is -1.08. The Bertz CT molecular complexity index is 1310. The Morgan fingerprint density at radius 2 is 1.67 bits per heavy atom. The van der Waals surface area contributed by atoms with Crippen molar-refractivity contribution in [3.05, 3.63) is 42.1 Å². The fraction of sp³-hybridized carbons (Fsp3) is 0.576. The average Bonchev–Trinajstić information content (AvgIpc) is 3.08. The van der Waals surface area contributed by atoms with Crippen molar-refractivity contribution in [3.8, 4) is 11.4 Å². The quantitative estimate of drug-likeness (QED) is 0.263. The molecule has 0 spiro atoms. The molecule has 3 N–H and O–H groups in total. The highest BCUT2D eigenvalue weighted by Crippen LogP contribution is 2.25. The first-order valence-electron chi connectivity index (χ1n) is 16.4. The summed E-state index contributed by atoms with van der Waals surface area (Å²) in [5.74, 6) is -0.447. The number of anilines is 1. The molecule has 0 radical (unpaired) electrons. The summed E-state index contributed by atoms with van der Waals surface area (Å²) < 4.78 is 5.35. The maximum atomic E-state index is 13.7. The van der Waals surface area contributed by atoms with E-state index in [4.69, 9.17) is 9.72 Å². The van der Waals surface area contributed by atoms with Gasteiger partial charge in [-0.05, 0) is 45.2 Å². The number of piperidine rings is 1. The van der Waals surface area contributed by atoms with Gasteiger partial charge in [-0.2, -0.15) is 0 Å². The lowest BCUT2D eigenvalue weighted by Gasteiger charge is -2.36. The number of carboxylic acids is 1. The van der Waals surface area contributed by atoms with Crippen LogP contribution < -0.4 is 15.5 Å². The smallest absolute Gasteiger partial charge is 0.409 e. The van der Waals surface area contributed by atoms with E-state index in [0.29, 0.717) is 37.3 Å². The average molecular weight is 638 g/mol. The van der Waals surface area contributed by atoms with Crippen LogP contribution in [0.15, 0.2) is 36.4 Å². The van der Waals surface area contributed by atoms with E-state index in [0.717, 1.165) is 57.3 Å². The Labute approximate surface area is 270 Å². The number of piperazine rings is 1. The van der Waals surface area contributed by atoms with Crippen LogP contribution in [0.3, 0.4) is 0 Å². The number of hydrogen-bond acceptors (Lipinski definition) is 9. The number of carbonyl (C=O) groups excluding carboxylic acids is 3. The van der Waals surface area contributed by atoms with Gasteiger partial charge >= 0.3 is 12.1 Å². The minimum absolute atomic E-state index is 0.0813. The number of nitrogens with one attached hydrogen (secondary N) is 2. The van der Waals surface area contributed by atoms with Gasteiger partial charge in [0.15, 0.2) is 5.82 Å². The predicted octanol–water partition coefficient (Wildman–Crippen LogP) is 3.01. The largest absolute Gasteiger partial charge is 0.481 e. The fourth-order valence-corrected chi connectivity index (χ4v) is 5.77. The molecule has 0 bridgehead atoms. The summed E-state index contributed by atoms with van der Waals surface area (Å²) >= 11 is 0. The van der Waals surface area contributed by atoms with Crippen molar-refractivity contribution in [2.24, 2.45) is 5.92 Å². The van der Waals surface area contributed by atoms with Crippen LogP contribution in [0, 0.1) is 5.92 Å². The molecule has 13 nitrogen and oxygen atoms in total. The van der Waals surface area contributed by atoms with Crippen LogP contribution >= 0.6 is 0 Å². The van der Waals surface area contributed by atoms with E-state index in [2.05, 4.69) is 27.4 Å². The van der Waals surface area contributed by atoms with E-state index in [1.54, 1.807) is 15.9 Å². The molecule has 1 aromatic heterocycles. The van der Waals surface area contributed by atoms with E-state index in [1.165, 1.54) is 0 Å². The van der Waals surface area contributed by atoms with Crippen molar-refractivity contribution in [2.75, 3.05) is 64.4 Å². The van der Waals surface area contributed by atoms with E-state index < -0.39 is 29.9 Å². The Kier molecular flexibility index (Phi) is 13.1. The number of ether oxygens (including phenoxy) is 1. The molecular weight excluding hydrogens is 590 g/mol. The molecule has 250 valence electrons. The second-order valence-electron chi connectivity index (χ2n) is 11.9. The lowest BCUT2D eigenvalue weighted by molar-refractivity contribution is -0.138. The van der Waals surface area contributed by atoms with Gasteiger partial charge in [-0.15, -0.1) is 0 Å². The number of unbranched alkanes of at least 4 members (excludes halogenated alkanes) is 2. The molecule has 0 unspecified atom stereocenters. The number of aliphatic carboxylic acids is 1. The SMILES string of the molecule is CCCCCOC(=O)N1CCN(C(=O)[C@H](CCC(=O)O)NC(=O)c2cc(N3CCC(CNC)CC3)nc(-c3ccccc3)n2)CC1. The monoisotopic (exact) mass is 637 g/mol. The highest BCUT2D eigenvalue weighted by atomic mass is 16.6. The van der Waals surface area contributed by atoms with Gasteiger partial charge in [0.1, 0.15) is 17.6 Å². The first-order chi connectivity index (χ1) is 22.3. The third-order valence-corrected chi connectivity index (χ3v) is 8.48. The second kappa shape index (κ2) is 17.4. The van der Waals surface area contributed by atoms with E-state index in [-0.39, 0.29) is 31.6 Å². The van der Waals surface area contributed by atoms with Crippen LogP contribution in [-0.4, -0.2) is 114 Å². The molecule has 2 aliphatic heterocycles. The van der Waals surface area contributed by atoms with Gasteiger partial charge in [0, 0.05) is 57.3 Å². The summed E-state index contributed by atoms with van der Waals surface area (Å²) in [5, 5.41) is 15.4. The van der Waals surface area contributed by atoms with Crippen molar-refractivity contribution < 1.29 is 29.0 Å². The normalized spacial score (nSPS) is 16.2. The minimum Gasteiger partial charge on any atom is -0.481 e. The number of rotatable bonds is 14. The van der Waals surface area contributed by atoms with Crippen LogP contribution in [0.2, 0.25) is 0 Å². The number of hydrogen-bond donors (Lipinski definition) is 3. The van der Waals surface area contributed by atoms with Gasteiger partial charge in [0.05, 0.1) is 6.61 Å². The van der Waals surface area contributed by atoms with Crippen LogP contribution in [0.1, 0.15) is 62.4 Å². The zero-order valence-electron chi connectivity index (χ0n) is 26.9. The number of carboxylic acid groups (broad SMARTS) is 1. The van der Waals surface area contributed by atoms with Crippen LogP contribution in [0.5, 0.6) is 0 Å². The maximum Gasteiger partial charge on any atom is 0.409 e. The molecular formula is C33H47N7O6. The van der Waals surface area contributed by atoms with Gasteiger partial charge < -0.3 is 35.2 Å². The van der Waals surface area contributed by atoms with E-state index in [9.17, 15) is 24.3 Å². The molecule has 0 saturated carbocycles. The first-order valence-corrected chi connectivity index (χ1v) is 16.4. The van der Waals surface area contributed by atoms with Gasteiger partial charge in [-0.3, -0.25) is 14.4 Å². The summed E-state index contributed by atoms with van der Waals surface area (Å²) in [6.07, 6.45) is 4.01. The second-order valence-corrected chi connectivity index (χ2v) is 11.9. The van der Waals surface area contributed by atoms with Gasteiger partial charge in [-0.25, -0.2) is 14.8 Å². The van der Waals surface area contributed by atoms with Gasteiger partial charge in [0.25, 0.3) is 5.91 Å². The number of amides is 3. The van der Waals surface area contributed by atoms with Crippen molar-refractivity contribution >= 4 is 29.7 Å². The Hall–Kier alpha value is -4.26. The summed E-state index contributed by atoms with van der Waals surface area (Å²) in [6, 6.07) is 9.96. The van der Waals surface area contributed by atoms with Crippen molar-refractivity contribution in [1.29, 1.82) is 0 Å². The van der Waals surface area contributed by atoms with E-state index >= 15 is 0 Å². The summed E-state index contributed by atoms with van der Waals surface area (Å²) in [6.45, 7) is 6.05. The molecule has 13 heteroatoms. The zero-order chi connectivity index (χ0) is 32.9. The topological polar surface area (TPSA) is 157 Å². The molecule has 3 amide bonds. The lowest BCUT2D eigenvalue weighted by Crippen LogP contribution is -2.56. The molecule has 1 aromatic carbocycles. The van der Waals surface area contributed by atoms with Crippen LogP contribution in [-0.2, 0) is 14.3 Å². The molecule has 0 aliphatic carbocycles. The Balaban J connectivity index is 1.48. The third-order valence-electron chi connectivity index (χ3n) is 8.48. The predicted molar refractivity (Wildman–Crippen MR) is 173 cm³/mol. The summed E-state index contributed by atoms with van der Waals surface area (Å²) in [4.78, 5) is 65.9. The molecule has 46 heavy (non-hydrogen) atoms. The number of nitrogens with zero attached hydrogens (tertiary/aromatic N) is 5. The van der Waals surface area contributed by atoms with Gasteiger partial charge in [-0.1, -0.05) is 50.1 Å². The molecule has 1 atom stereocenters. The van der Waals surface area contributed by atoms with Crippen LogP contribution in [0.4, 0.5) is 10.6 Å². The molecule has 2 aromatic rings. The maximum absolute atomic E-state index is 13.7. The number of aromatic nitrogens is 2. The molecule has 3 heterocycles. The number of benzene rings is 1. The Morgan fingerprint density at radius 3 is 2.33 bits per heavy atom. The van der Waals surface area contributed by atoms with Crippen LogP contribution in [0.25, 0.3) is 11.4 Å². The van der Waals surface area contributed by atoms with Crippen molar-refractivity contribution in [2.45, 2.75) is 57.9 Å². The highest BCUT2D eigenvalue weighted by molar-refractivity contribution is 5.97. The summed E-state index contributed by atoms with van der Waals surface area (Å²) in [5.41, 5.74) is 0.855. The highest BCUT2D eigenvalue weighted by Gasteiger charge is 2.32. The Morgan fingerprint density at radius 1 is 0.978 bits per heavy atom. The fourth-order valence-electron chi connectivity index (χ4n) is 5.77. The molecule has 2 saturated heterocycles. The lowest BCUT2D eigenvalue weighted by atomic mass is 9.97. The van der Waals surface area contributed by atoms with E-state index in [1.807, 2.05) is 37.4 Å².